The third kappa shape index (κ3) is 3.04. The number of hydrogen-bond acceptors (Lipinski definition) is 1. The highest BCUT2D eigenvalue weighted by Gasteiger charge is 2.17. The van der Waals surface area contributed by atoms with Crippen LogP contribution in [0.3, 0.4) is 0 Å². The summed E-state index contributed by atoms with van der Waals surface area (Å²) in [5, 5.41) is 0.825. The Hall–Kier alpha value is -0.950. The smallest absolute Gasteiger partial charge is 0.125 e. The van der Waals surface area contributed by atoms with Crippen LogP contribution in [0.4, 0.5) is 0 Å². The molecule has 0 aliphatic carbocycles. The van der Waals surface area contributed by atoms with E-state index in [0.29, 0.717) is 5.92 Å². The molecule has 1 rings (SSSR count). The fourth-order valence-electron chi connectivity index (χ4n) is 2.20. The minimum absolute atomic E-state index is 0.415. The zero-order chi connectivity index (χ0) is 13.0. The molecule has 1 unspecified atom stereocenters. The summed E-state index contributed by atoms with van der Waals surface area (Å²) in [4.78, 5) is 0. The van der Waals surface area contributed by atoms with Gasteiger partial charge in [-0.3, -0.25) is 0 Å². The monoisotopic (exact) mass is 252 g/mol. The summed E-state index contributed by atoms with van der Waals surface area (Å²) in [5.74, 6) is 1.39. The van der Waals surface area contributed by atoms with Gasteiger partial charge in [0.25, 0.3) is 0 Å². The van der Waals surface area contributed by atoms with Crippen molar-refractivity contribution in [2.75, 3.05) is 7.11 Å². The van der Waals surface area contributed by atoms with E-state index in [1.54, 1.807) is 7.11 Å². The van der Waals surface area contributed by atoms with E-state index in [2.05, 4.69) is 26.0 Å². The van der Waals surface area contributed by atoms with Crippen LogP contribution < -0.4 is 4.74 Å². The Morgan fingerprint density at radius 1 is 1.41 bits per heavy atom. The average molecular weight is 253 g/mol. The van der Waals surface area contributed by atoms with Crippen molar-refractivity contribution in [1.82, 2.24) is 0 Å². The van der Waals surface area contributed by atoms with Crippen LogP contribution in [0.1, 0.15) is 42.9 Å². The molecule has 0 fully saturated rings. The van der Waals surface area contributed by atoms with E-state index in [0.717, 1.165) is 28.3 Å². The summed E-state index contributed by atoms with van der Waals surface area (Å²) in [6.45, 7) is 8.35. The zero-order valence-corrected chi connectivity index (χ0v) is 12.1. The van der Waals surface area contributed by atoms with Crippen molar-refractivity contribution in [3.8, 4) is 5.75 Å². The van der Waals surface area contributed by atoms with E-state index in [9.17, 15) is 0 Å². The predicted octanol–water partition coefficient (Wildman–Crippen LogP) is 5.04. The Kier molecular flexibility index (Phi) is 5.07. The summed E-state index contributed by atoms with van der Waals surface area (Å²) in [7, 11) is 1.72. The quantitative estimate of drug-likeness (QED) is 0.683. The van der Waals surface area contributed by atoms with Crippen LogP contribution in [0.2, 0.25) is 5.02 Å². The molecule has 0 heterocycles. The Labute approximate surface area is 109 Å². The van der Waals surface area contributed by atoms with Gasteiger partial charge in [0, 0.05) is 10.6 Å². The first-order valence-corrected chi connectivity index (χ1v) is 6.35. The number of ether oxygens (including phenoxy) is 1. The van der Waals surface area contributed by atoms with E-state index in [-0.39, 0.29) is 0 Å². The minimum Gasteiger partial charge on any atom is -0.496 e. The van der Waals surface area contributed by atoms with Gasteiger partial charge < -0.3 is 4.74 Å². The molecular weight excluding hydrogens is 232 g/mol. The highest BCUT2D eigenvalue weighted by Crippen LogP contribution is 2.38. The fraction of sp³-hybridized carbons (Fsp3) is 0.467. The molecule has 94 valence electrons. The zero-order valence-electron chi connectivity index (χ0n) is 11.3. The first-order chi connectivity index (χ1) is 8.02. The summed E-state index contributed by atoms with van der Waals surface area (Å²) >= 11 is 6.25. The molecule has 2 heteroatoms. The summed E-state index contributed by atoms with van der Waals surface area (Å²) < 4.78 is 5.53. The van der Waals surface area contributed by atoms with Gasteiger partial charge in [-0.1, -0.05) is 30.7 Å². The Balaban J connectivity index is 3.28. The van der Waals surface area contributed by atoms with Crippen molar-refractivity contribution in [2.45, 2.75) is 40.0 Å². The molecule has 0 spiro atoms. The van der Waals surface area contributed by atoms with Gasteiger partial charge in [0.1, 0.15) is 5.75 Å². The van der Waals surface area contributed by atoms with E-state index >= 15 is 0 Å². The number of hydrogen-bond donors (Lipinski definition) is 0. The van der Waals surface area contributed by atoms with E-state index in [4.69, 9.17) is 16.3 Å². The third-order valence-electron chi connectivity index (χ3n) is 3.13. The fourth-order valence-corrected chi connectivity index (χ4v) is 2.46. The second-order valence-electron chi connectivity index (χ2n) is 4.45. The molecule has 1 atom stereocenters. The third-order valence-corrected chi connectivity index (χ3v) is 3.52. The van der Waals surface area contributed by atoms with E-state index in [1.807, 2.05) is 19.9 Å². The summed E-state index contributed by atoms with van der Waals surface area (Å²) in [6, 6.07) is 1.97. The predicted molar refractivity (Wildman–Crippen MR) is 75.3 cm³/mol. The molecule has 0 aliphatic heterocycles. The van der Waals surface area contributed by atoms with Crippen LogP contribution in [-0.2, 0) is 0 Å². The standard InChI is InChI=1S/C15H21ClO/c1-6-7-8-10(2)14-12(4)13(16)9-11(3)15(14)17-5/h6-7,9-10H,8H2,1-5H3/b7-6-. The average Bonchev–Trinajstić information content (AvgIpc) is 2.30. The SMILES string of the molecule is C/C=C\CC(C)c1c(C)c(Cl)cc(C)c1OC. The van der Waals surface area contributed by atoms with Gasteiger partial charge in [-0.15, -0.1) is 0 Å². The lowest BCUT2D eigenvalue weighted by Crippen LogP contribution is -2.02. The second-order valence-corrected chi connectivity index (χ2v) is 4.86. The molecule has 1 aromatic rings. The van der Waals surface area contributed by atoms with Gasteiger partial charge in [0.2, 0.25) is 0 Å². The van der Waals surface area contributed by atoms with Gasteiger partial charge >= 0.3 is 0 Å². The molecule has 1 aromatic carbocycles. The summed E-state index contributed by atoms with van der Waals surface area (Å²) in [6.07, 6.45) is 5.27. The van der Waals surface area contributed by atoms with Crippen molar-refractivity contribution < 1.29 is 4.74 Å². The van der Waals surface area contributed by atoms with Crippen molar-refractivity contribution in [3.63, 3.8) is 0 Å². The van der Waals surface area contributed by atoms with Crippen LogP contribution in [0, 0.1) is 13.8 Å². The van der Waals surface area contributed by atoms with E-state index < -0.39 is 0 Å². The maximum absolute atomic E-state index is 6.25. The first kappa shape index (κ1) is 14.1. The Morgan fingerprint density at radius 2 is 2.06 bits per heavy atom. The second kappa shape index (κ2) is 6.11. The number of allylic oxidation sites excluding steroid dienone is 2. The molecule has 17 heavy (non-hydrogen) atoms. The molecule has 0 radical (unpaired) electrons. The Bertz CT molecular complexity index is 421. The lowest BCUT2D eigenvalue weighted by molar-refractivity contribution is 0.403. The van der Waals surface area contributed by atoms with Crippen LogP contribution >= 0.6 is 11.6 Å². The van der Waals surface area contributed by atoms with Crippen LogP contribution in [-0.4, -0.2) is 7.11 Å². The molecule has 0 saturated carbocycles. The van der Waals surface area contributed by atoms with Crippen molar-refractivity contribution >= 4 is 11.6 Å². The number of rotatable bonds is 4. The van der Waals surface area contributed by atoms with E-state index in [1.165, 1.54) is 5.56 Å². The molecule has 0 aromatic heterocycles. The van der Waals surface area contributed by atoms with Crippen molar-refractivity contribution in [1.29, 1.82) is 0 Å². The normalized spacial score (nSPS) is 13.1. The highest BCUT2D eigenvalue weighted by molar-refractivity contribution is 6.31. The van der Waals surface area contributed by atoms with Crippen LogP contribution in [0.5, 0.6) is 5.75 Å². The first-order valence-electron chi connectivity index (χ1n) is 5.97. The Morgan fingerprint density at radius 3 is 2.59 bits per heavy atom. The minimum atomic E-state index is 0.415. The molecular formula is C15H21ClO. The van der Waals surface area contributed by atoms with Gasteiger partial charge in [-0.2, -0.15) is 0 Å². The summed E-state index contributed by atoms with van der Waals surface area (Å²) in [5.41, 5.74) is 3.46. The van der Waals surface area contributed by atoms with Crippen molar-refractivity contribution in [3.05, 3.63) is 39.9 Å². The molecule has 0 aliphatic rings. The topological polar surface area (TPSA) is 9.23 Å². The molecule has 1 nitrogen and oxygen atoms in total. The van der Waals surface area contributed by atoms with Crippen LogP contribution in [0.25, 0.3) is 0 Å². The number of benzene rings is 1. The largest absolute Gasteiger partial charge is 0.496 e. The van der Waals surface area contributed by atoms with Gasteiger partial charge in [-0.25, -0.2) is 0 Å². The number of aryl methyl sites for hydroxylation is 1. The molecule has 0 saturated heterocycles. The molecule has 0 amide bonds. The van der Waals surface area contributed by atoms with Crippen LogP contribution in [0.15, 0.2) is 18.2 Å². The van der Waals surface area contributed by atoms with Gasteiger partial charge in [0.15, 0.2) is 0 Å². The highest BCUT2D eigenvalue weighted by atomic mass is 35.5. The maximum Gasteiger partial charge on any atom is 0.125 e. The lowest BCUT2D eigenvalue weighted by Gasteiger charge is -2.20. The number of halogens is 1. The van der Waals surface area contributed by atoms with Crippen molar-refractivity contribution in [2.24, 2.45) is 0 Å². The molecule has 0 bridgehead atoms. The molecule has 0 N–H and O–H groups in total. The van der Waals surface area contributed by atoms with Gasteiger partial charge in [-0.05, 0) is 50.3 Å². The lowest BCUT2D eigenvalue weighted by atomic mass is 9.91. The maximum atomic E-state index is 6.25. The van der Waals surface area contributed by atoms with Gasteiger partial charge in [0.05, 0.1) is 7.11 Å². The number of methoxy groups -OCH3 is 1.